The van der Waals surface area contributed by atoms with Crippen LogP contribution in [0.4, 0.5) is 4.79 Å². The molecule has 0 bridgehead atoms. The minimum Gasteiger partial charge on any atom is -0.481 e. The van der Waals surface area contributed by atoms with Crippen LogP contribution in [0.15, 0.2) is 18.5 Å². The maximum atomic E-state index is 11.6. The Kier molecular flexibility index (Phi) is 6.49. The van der Waals surface area contributed by atoms with Crippen molar-refractivity contribution in [3.05, 3.63) is 29.6 Å². The Balaban J connectivity index is 2.18. The lowest BCUT2D eigenvalue weighted by molar-refractivity contribution is -0.141. The van der Waals surface area contributed by atoms with Crippen molar-refractivity contribution in [3.63, 3.8) is 0 Å². The number of amides is 2. The van der Waals surface area contributed by atoms with Crippen LogP contribution in [-0.4, -0.2) is 28.6 Å². The quantitative estimate of drug-likeness (QED) is 0.662. The number of hydrogen-bond acceptors (Lipinski definition) is 3. The molecule has 0 aliphatic carbocycles. The summed E-state index contributed by atoms with van der Waals surface area (Å²) in [5.74, 6) is -1.18. The molecule has 0 aliphatic rings. The van der Waals surface area contributed by atoms with E-state index in [-0.39, 0.29) is 11.9 Å². The molecule has 0 aromatic carbocycles. The van der Waals surface area contributed by atoms with Crippen LogP contribution < -0.4 is 10.6 Å². The van der Waals surface area contributed by atoms with Gasteiger partial charge in [0.2, 0.25) is 0 Å². The molecule has 0 saturated heterocycles. The van der Waals surface area contributed by atoms with Crippen molar-refractivity contribution < 1.29 is 14.7 Å². The second-order valence-electron chi connectivity index (χ2n) is 4.79. The zero-order chi connectivity index (χ0) is 15.0. The van der Waals surface area contributed by atoms with Crippen LogP contribution >= 0.6 is 0 Å². The van der Waals surface area contributed by atoms with E-state index in [2.05, 4.69) is 15.6 Å². The van der Waals surface area contributed by atoms with Crippen LogP contribution in [0, 0.1) is 12.8 Å². The van der Waals surface area contributed by atoms with Gasteiger partial charge in [0.05, 0.1) is 5.92 Å². The van der Waals surface area contributed by atoms with E-state index < -0.39 is 5.97 Å². The van der Waals surface area contributed by atoms with Crippen LogP contribution in [0.25, 0.3) is 0 Å². The summed E-state index contributed by atoms with van der Waals surface area (Å²) in [4.78, 5) is 26.2. The molecule has 2 amide bonds. The average molecular weight is 279 g/mol. The van der Waals surface area contributed by atoms with Crippen LogP contribution in [0.2, 0.25) is 0 Å². The standard InChI is InChI=1S/C14H21N3O3/c1-10(13(18)19)4-3-6-16-14(20)17-9-12-5-7-15-8-11(12)2/h5,7-8,10H,3-4,6,9H2,1-2H3,(H,18,19)(H2,16,17,20). The third-order valence-electron chi connectivity index (χ3n) is 3.10. The van der Waals surface area contributed by atoms with E-state index in [1.54, 1.807) is 19.3 Å². The molecule has 1 unspecified atom stereocenters. The first-order chi connectivity index (χ1) is 9.50. The first-order valence-electron chi connectivity index (χ1n) is 6.64. The molecule has 1 heterocycles. The molecule has 0 saturated carbocycles. The van der Waals surface area contributed by atoms with E-state index in [1.807, 2.05) is 13.0 Å². The Bertz CT molecular complexity index is 463. The van der Waals surface area contributed by atoms with Gasteiger partial charge in [0, 0.05) is 25.5 Å². The molecule has 20 heavy (non-hydrogen) atoms. The summed E-state index contributed by atoms with van der Waals surface area (Å²) in [5, 5.41) is 14.2. The summed E-state index contributed by atoms with van der Waals surface area (Å²) in [6, 6.07) is 1.62. The first kappa shape index (κ1) is 15.9. The number of aryl methyl sites for hydroxylation is 1. The summed E-state index contributed by atoms with van der Waals surface area (Å²) >= 11 is 0. The van der Waals surface area contributed by atoms with Gasteiger partial charge in [0.15, 0.2) is 0 Å². The zero-order valence-corrected chi connectivity index (χ0v) is 11.8. The van der Waals surface area contributed by atoms with Gasteiger partial charge in [0.1, 0.15) is 0 Å². The van der Waals surface area contributed by atoms with E-state index in [4.69, 9.17) is 5.11 Å². The number of carboxylic acid groups (broad SMARTS) is 1. The number of aliphatic carboxylic acids is 1. The number of carbonyl (C=O) groups is 2. The van der Waals surface area contributed by atoms with Crippen molar-refractivity contribution in [3.8, 4) is 0 Å². The molecule has 6 heteroatoms. The molecule has 0 spiro atoms. The fourth-order valence-electron chi connectivity index (χ4n) is 1.67. The molecule has 6 nitrogen and oxygen atoms in total. The summed E-state index contributed by atoms with van der Waals surface area (Å²) in [7, 11) is 0. The number of urea groups is 1. The topological polar surface area (TPSA) is 91.3 Å². The predicted octanol–water partition coefficient (Wildman–Crippen LogP) is 1.69. The van der Waals surface area contributed by atoms with Crippen LogP contribution in [0.3, 0.4) is 0 Å². The summed E-state index contributed by atoms with van der Waals surface area (Å²) in [5.41, 5.74) is 2.05. The van der Waals surface area contributed by atoms with Gasteiger partial charge >= 0.3 is 12.0 Å². The lowest BCUT2D eigenvalue weighted by Crippen LogP contribution is -2.35. The van der Waals surface area contributed by atoms with Crippen molar-refractivity contribution in [1.82, 2.24) is 15.6 Å². The molecule has 1 atom stereocenters. The number of pyridine rings is 1. The molecule has 1 aromatic heterocycles. The maximum absolute atomic E-state index is 11.6. The molecule has 0 fully saturated rings. The lowest BCUT2D eigenvalue weighted by Gasteiger charge is -2.10. The monoisotopic (exact) mass is 279 g/mol. The van der Waals surface area contributed by atoms with Gasteiger partial charge in [-0.05, 0) is 37.0 Å². The average Bonchev–Trinajstić information content (AvgIpc) is 2.42. The molecule has 1 rings (SSSR count). The fraction of sp³-hybridized carbons (Fsp3) is 0.500. The van der Waals surface area contributed by atoms with E-state index in [0.717, 1.165) is 11.1 Å². The van der Waals surface area contributed by atoms with Gasteiger partial charge in [-0.2, -0.15) is 0 Å². The Morgan fingerprint density at radius 2 is 2.15 bits per heavy atom. The number of carbonyl (C=O) groups excluding carboxylic acids is 1. The summed E-state index contributed by atoms with van der Waals surface area (Å²) in [6.07, 6.45) is 4.64. The molecule has 0 aliphatic heterocycles. The SMILES string of the molecule is Cc1cnccc1CNC(=O)NCCCC(C)C(=O)O. The summed E-state index contributed by atoms with van der Waals surface area (Å²) in [6.45, 7) is 4.52. The first-order valence-corrected chi connectivity index (χ1v) is 6.64. The normalized spacial score (nSPS) is 11.7. The highest BCUT2D eigenvalue weighted by molar-refractivity contribution is 5.73. The largest absolute Gasteiger partial charge is 0.481 e. The number of aromatic nitrogens is 1. The second kappa shape index (κ2) is 8.14. The van der Waals surface area contributed by atoms with Crippen LogP contribution in [0.5, 0.6) is 0 Å². The minimum absolute atomic E-state index is 0.246. The number of carboxylic acids is 1. The van der Waals surface area contributed by atoms with Crippen molar-refractivity contribution in [2.45, 2.75) is 33.2 Å². The molecule has 3 N–H and O–H groups in total. The Hall–Kier alpha value is -2.11. The van der Waals surface area contributed by atoms with E-state index in [9.17, 15) is 9.59 Å². The van der Waals surface area contributed by atoms with Gasteiger partial charge in [-0.15, -0.1) is 0 Å². The number of hydrogen-bond donors (Lipinski definition) is 3. The number of nitrogens with zero attached hydrogens (tertiary/aromatic N) is 1. The highest BCUT2D eigenvalue weighted by Crippen LogP contribution is 2.05. The third-order valence-corrected chi connectivity index (χ3v) is 3.10. The highest BCUT2D eigenvalue weighted by atomic mass is 16.4. The molecular formula is C14H21N3O3. The van der Waals surface area contributed by atoms with Gasteiger partial charge in [-0.1, -0.05) is 6.92 Å². The molecule has 110 valence electrons. The van der Waals surface area contributed by atoms with Gasteiger partial charge in [0.25, 0.3) is 0 Å². The van der Waals surface area contributed by atoms with Crippen molar-refractivity contribution >= 4 is 12.0 Å². The summed E-state index contributed by atoms with van der Waals surface area (Å²) < 4.78 is 0. The molecular weight excluding hydrogens is 258 g/mol. The third kappa shape index (κ3) is 5.69. The number of rotatable bonds is 7. The highest BCUT2D eigenvalue weighted by Gasteiger charge is 2.10. The molecule has 0 radical (unpaired) electrons. The van der Waals surface area contributed by atoms with Gasteiger partial charge in [-0.25, -0.2) is 4.79 Å². The van der Waals surface area contributed by atoms with E-state index in [0.29, 0.717) is 25.9 Å². The van der Waals surface area contributed by atoms with Crippen LogP contribution in [0.1, 0.15) is 30.9 Å². The van der Waals surface area contributed by atoms with Crippen molar-refractivity contribution in [2.75, 3.05) is 6.54 Å². The lowest BCUT2D eigenvalue weighted by atomic mass is 10.1. The number of nitrogens with one attached hydrogen (secondary N) is 2. The van der Waals surface area contributed by atoms with Gasteiger partial charge < -0.3 is 15.7 Å². The van der Waals surface area contributed by atoms with Gasteiger partial charge in [-0.3, -0.25) is 9.78 Å². The fourth-order valence-corrected chi connectivity index (χ4v) is 1.67. The minimum atomic E-state index is -0.803. The Labute approximate surface area is 118 Å². The smallest absolute Gasteiger partial charge is 0.315 e. The van der Waals surface area contributed by atoms with Crippen molar-refractivity contribution in [2.24, 2.45) is 5.92 Å². The maximum Gasteiger partial charge on any atom is 0.315 e. The zero-order valence-electron chi connectivity index (χ0n) is 11.8. The second-order valence-corrected chi connectivity index (χ2v) is 4.79. The van der Waals surface area contributed by atoms with E-state index >= 15 is 0 Å². The predicted molar refractivity (Wildman–Crippen MR) is 75.2 cm³/mol. The Morgan fingerprint density at radius 3 is 2.80 bits per heavy atom. The Morgan fingerprint density at radius 1 is 1.40 bits per heavy atom. The van der Waals surface area contributed by atoms with E-state index in [1.165, 1.54) is 0 Å². The van der Waals surface area contributed by atoms with Crippen molar-refractivity contribution in [1.29, 1.82) is 0 Å². The van der Waals surface area contributed by atoms with Crippen LogP contribution in [-0.2, 0) is 11.3 Å². The molecule has 1 aromatic rings.